The van der Waals surface area contributed by atoms with Gasteiger partial charge in [0.2, 0.25) is 0 Å². The molecule has 8 nitrogen and oxygen atoms in total. The Bertz CT molecular complexity index is 2330. The molecule has 2 N–H and O–H groups in total. The average molecular weight is 603 g/mol. The van der Waals surface area contributed by atoms with Crippen molar-refractivity contribution in [3.63, 3.8) is 0 Å². The van der Waals surface area contributed by atoms with Crippen molar-refractivity contribution in [2.24, 2.45) is 5.73 Å². The van der Waals surface area contributed by atoms with Crippen LogP contribution < -0.4 is 10.6 Å². The number of nitro groups is 2. The lowest BCUT2D eigenvalue weighted by molar-refractivity contribution is -0.384. The predicted octanol–water partition coefficient (Wildman–Crippen LogP) is 9.89. The van der Waals surface area contributed by atoms with Gasteiger partial charge < -0.3 is 10.6 Å². The highest BCUT2D eigenvalue weighted by Crippen LogP contribution is 2.43. The molecule has 0 atom stereocenters. The first-order chi connectivity index (χ1) is 22.4. The van der Waals surface area contributed by atoms with Crippen molar-refractivity contribution in [1.29, 1.82) is 0 Å². The molecule has 222 valence electrons. The Morgan fingerprint density at radius 2 is 1.11 bits per heavy atom. The Labute approximate surface area is 263 Å². The normalized spacial score (nSPS) is 11.6. The van der Waals surface area contributed by atoms with Crippen molar-refractivity contribution in [2.45, 2.75) is 0 Å². The summed E-state index contributed by atoms with van der Waals surface area (Å²) in [5.41, 5.74) is 10.9. The topological polar surface area (TPSA) is 116 Å². The van der Waals surface area contributed by atoms with E-state index in [9.17, 15) is 20.2 Å². The van der Waals surface area contributed by atoms with Gasteiger partial charge in [0.05, 0.1) is 37.1 Å². The van der Waals surface area contributed by atoms with Crippen LogP contribution in [0.5, 0.6) is 0 Å². The zero-order valence-corrected chi connectivity index (χ0v) is 24.4. The number of nitro benzene ring substituents is 2. The number of nitrogens with zero attached hydrogens (tertiary/aromatic N) is 3. The van der Waals surface area contributed by atoms with Crippen molar-refractivity contribution in [1.82, 2.24) is 0 Å². The lowest BCUT2D eigenvalue weighted by atomic mass is 9.96. The summed E-state index contributed by atoms with van der Waals surface area (Å²) < 4.78 is 0. The highest BCUT2D eigenvalue weighted by atomic mass is 16.6. The van der Waals surface area contributed by atoms with Gasteiger partial charge in [-0.25, -0.2) is 0 Å². The van der Waals surface area contributed by atoms with Crippen LogP contribution in [-0.4, -0.2) is 9.85 Å². The van der Waals surface area contributed by atoms with Crippen LogP contribution in [0.3, 0.4) is 0 Å². The molecule has 7 aromatic carbocycles. The number of hydrogen-bond acceptors (Lipinski definition) is 6. The average Bonchev–Trinajstić information content (AvgIpc) is 3.08. The van der Waals surface area contributed by atoms with Crippen LogP contribution in [-0.2, 0) is 0 Å². The van der Waals surface area contributed by atoms with Gasteiger partial charge in [-0.05, 0) is 77.2 Å². The van der Waals surface area contributed by atoms with Crippen LogP contribution in [0.2, 0.25) is 0 Å². The number of para-hydroxylation sites is 1. The number of anilines is 3. The van der Waals surface area contributed by atoms with Crippen molar-refractivity contribution in [3.05, 3.63) is 171 Å². The maximum Gasteiger partial charge on any atom is 0.285 e. The molecule has 0 amide bonds. The third kappa shape index (κ3) is 4.93. The first-order valence-corrected chi connectivity index (χ1v) is 14.6. The zero-order valence-electron chi connectivity index (χ0n) is 24.4. The summed E-state index contributed by atoms with van der Waals surface area (Å²) in [6.07, 6.45) is 1.79. The molecule has 0 aliphatic heterocycles. The second-order valence-electron chi connectivity index (χ2n) is 10.9. The Morgan fingerprint density at radius 3 is 1.78 bits per heavy atom. The highest BCUT2D eigenvalue weighted by molar-refractivity contribution is 6.16. The summed E-state index contributed by atoms with van der Waals surface area (Å²) in [4.78, 5) is 25.5. The predicted molar refractivity (Wildman–Crippen MR) is 185 cm³/mol. The van der Waals surface area contributed by atoms with Crippen molar-refractivity contribution >= 4 is 72.5 Å². The smallest absolute Gasteiger partial charge is 0.285 e. The number of benzene rings is 7. The molecule has 0 fully saturated rings. The fourth-order valence-corrected chi connectivity index (χ4v) is 6.10. The fraction of sp³-hybridized carbons (Fsp3) is 0. The minimum Gasteiger partial charge on any atom is -0.398 e. The Hall–Kier alpha value is -6.54. The molecule has 0 spiro atoms. The second-order valence-corrected chi connectivity index (χ2v) is 10.9. The van der Waals surface area contributed by atoms with Gasteiger partial charge in [-0.15, -0.1) is 0 Å². The van der Waals surface area contributed by atoms with Crippen molar-refractivity contribution in [3.8, 4) is 0 Å². The summed E-state index contributed by atoms with van der Waals surface area (Å²) in [7, 11) is 0. The minimum atomic E-state index is -0.495. The summed E-state index contributed by atoms with van der Waals surface area (Å²) in [6.45, 7) is 0. The van der Waals surface area contributed by atoms with E-state index in [1.165, 1.54) is 18.2 Å². The molecule has 0 saturated heterocycles. The lowest BCUT2D eigenvalue weighted by Gasteiger charge is -2.27. The molecular formula is C38H26N4O4. The maximum absolute atomic E-state index is 12.2. The van der Waals surface area contributed by atoms with Gasteiger partial charge in [-0.2, -0.15) is 0 Å². The van der Waals surface area contributed by atoms with Crippen molar-refractivity contribution in [2.75, 3.05) is 4.90 Å². The van der Waals surface area contributed by atoms with Gasteiger partial charge in [0, 0.05) is 22.5 Å². The van der Waals surface area contributed by atoms with Crippen LogP contribution in [0.15, 0.2) is 140 Å². The Kier molecular flexibility index (Phi) is 7.07. The third-order valence-corrected chi connectivity index (χ3v) is 8.16. The van der Waals surface area contributed by atoms with E-state index < -0.39 is 9.85 Å². The van der Waals surface area contributed by atoms with Crippen LogP contribution in [0.1, 0.15) is 11.1 Å². The molecule has 7 aromatic rings. The third-order valence-electron chi connectivity index (χ3n) is 8.16. The summed E-state index contributed by atoms with van der Waals surface area (Å²) in [5.74, 6) is 0. The minimum absolute atomic E-state index is 0.160. The van der Waals surface area contributed by atoms with E-state index in [-0.39, 0.29) is 32.9 Å². The molecule has 46 heavy (non-hydrogen) atoms. The SMILES string of the molecule is N/C(=C\c1ccc(N(c2ccccc2)c2cccc3ccccc23)cc1)c1ccc2c([N+](=O)[O-])c3ccccc3c([N+](=O)[O-])c2c1. The second kappa shape index (κ2) is 11.5. The first kappa shape index (κ1) is 28.2. The Morgan fingerprint density at radius 1 is 0.565 bits per heavy atom. The molecule has 8 heteroatoms. The molecule has 0 bridgehead atoms. The molecular weight excluding hydrogens is 576 g/mol. The molecule has 0 aromatic heterocycles. The van der Waals surface area contributed by atoms with E-state index >= 15 is 0 Å². The number of fused-ring (bicyclic) bond motifs is 3. The zero-order chi connectivity index (χ0) is 31.8. The molecule has 0 radical (unpaired) electrons. The van der Waals surface area contributed by atoms with Crippen LogP contribution in [0.25, 0.3) is 44.1 Å². The molecule has 0 heterocycles. The standard InChI is InChI=1S/C38H26N4O4/c39-35(27-19-22-33-34(24-27)38(42(45)46)32-15-7-6-14-31(32)37(33)41(43)44)23-25-17-20-29(21-18-25)40(28-11-2-1-3-12-28)36-16-8-10-26-9-4-5-13-30(26)36/h1-24H,39H2/b35-23-. The van der Waals surface area contributed by atoms with Gasteiger partial charge in [0.25, 0.3) is 11.4 Å². The van der Waals surface area contributed by atoms with E-state index in [4.69, 9.17) is 5.73 Å². The summed E-state index contributed by atoms with van der Waals surface area (Å²) in [6, 6.07) is 43.7. The van der Waals surface area contributed by atoms with Gasteiger partial charge in [0.1, 0.15) is 0 Å². The largest absolute Gasteiger partial charge is 0.398 e. The van der Waals surface area contributed by atoms with E-state index in [1.807, 2.05) is 54.6 Å². The summed E-state index contributed by atoms with van der Waals surface area (Å²) in [5, 5.41) is 27.4. The molecule has 0 aliphatic carbocycles. The Balaban J connectivity index is 1.30. The van der Waals surface area contributed by atoms with Gasteiger partial charge in [-0.1, -0.05) is 84.9 Å². The van der Waals surface area contributed by atoms with Crippen LogP contribution in [0.4, 0.5) is 28.4 Å². The van der Waals surface area contributed by atoms with Gasteiger partial charge >= 0.3 is 0 Å². The van der Waals surface area contributed by atoms with E-state index in [0.29, 0.717) is 11.3 Å². The molecule has 7 rings (SSSR count). The fourth-order valence-electron chi connectivity index (χ4n) is 6.10. The van der Waals surface area contributed by atoms with Crippen molar-refractivity contribution < 1.29 is 9.85 Å². The van der Waals surface area contributed by atoms with E-state index in [2.05, 4.69) is 47.4 Å². The van der Waals surface area contributed by atoms with E-state index in [1.54, 1.807) is 30.3 Å². The molecule has 0 saturated carbocycles. The first-order valence-electron chi connectivity index (χ1n) is 14.6. The monoisotopic (exact) mass is 602 g/mol. The van der Waals surface area contributed by atoms with Gasteiger partial charge in [-0.3, -0.25) is 20.2 Å². The lowest BCUT2D eigenvalue weighted by Crippen LogP contribution is -2.10. The number of hydrogen-bond donors (Lipinski definition) is 1. The number of nitrogens with two attached hydrogens (primary N) is 1. The quantitative estimate of drug-likeness (QED) is 0.0840. The number of rotatable bonds is 7. The molecule has 0 unspecified atom stereocenters. The maximum atomic E-state index is 12.2. The highest BCUT2D eigenvalue weighted by Gasteiger charge is 2.27. The van der Waals surface area contributed by atoms with Gasteiger partial charge in [0.15, 0.2) is 0 Å². The molecule has 0 aliphatic rings. The van der Waals surface area contributed by atoms with Crippen LogP contribution >= 0.6 is 0 Å². The van der Waals surface area contributed by atoms with Crippen LogP contribution in [0, 0.1) is 20.2 Å². The summed E-state index contributed by atoms with van der Waals surface area (Å²) >= 11 is 0. The number of non-ortho nitro benzene ring substituents is 2. The van der Waals surface area contributed by atoms with E-state index in [0.717, 1.165) is 33.4 Å².